The second-order valence-electron chi connectivity index (χ2n) is 3.39. The van der Waals surface area contributed by atoms with Gasteiger partial charge in [0.05, 0.1) is 0 Å². The van der Waals surface area contributed by atoms with Gasteiger partial charge >= 0.3 is 5.97 Å². The maximum absolute atomic E-state index is 10.6. The van der Waals surface area contributed by atoms with Crippen LogP contribution in [0.2, 0.25) is 0 Å². The Hall–Kier alpha value is -1.69. The molecule has 0 bridgehead atoms. The fourth-order valence-electron chi connectivity index (χ4n) is 1.05. The van der Waals surface area contributed by atoms with Gasteiger partial charge < -0.3 is 15.7 Å². The van der Waals surface area contributed by atoms with Crippen LogP contribution < -0.4 is 10.6 Å². The molecule has 0 amide bonds. The van der Waals surface area contributed by atoms with Crippen LogP contribution in [0.3, 0.4) is 0 Å². The van der Waals surface area contributed by atoms with E-state index in [0.717, 1.165) is 12.1 Å². The van der Waals surface area contributed by atoms with E-state index in [1.807, 2.05) is 6.92 Å². The number of carboxylic acids is 1. The molecule has 6 nitrogen and oxygen atoms in total. The third kappa shape index (κ3) is 3.82. The average Bonchev–Trinajstić information content (AvgIpc) is 2.28. The Balaban J connectivity index is 2.46. The van der Waals surface area contributed by atoms with Gasteiger partial charge in [-0.2, -0.15) is 0 Å². The van der Waals surface area contributed by atoms with Crippen molar-refractivity contribution in [3.05, 3.63) is 18.0 Å². The highest BCUT2D eigenvalue weighted by Gasteiger charge is 2.09. The zero-order chi connectivity index (χ0) is 12.0. The quantitative estimate of drug-likeness (QED) is 0.651. The van der Waals surface area contributed by atoms with Gasteiger partial charge in [0.15, 0.2) is 0 Å². The number of hydrogen-bond acceptors (Lipinski definition) is 5. The van der Waals surface area contributed by atoms with Gasteiger partial charge in [-0.25, -0.2) is 9.97 Å². The van der Waals surface area contributed by atoms with Crippen molar-refractivity contribution in [3.63, 3.8) is 0 Å². The summed E-state index contributed by atoms with van der Waals surface area (Å²) in [4.78, 5) is 18.7. The Labute approximate surface area is 94.1 Å². The largest absolute Gasteiger partial charge is 0.480 e. The van der Waals surface area contributed by atoms with E-state index in [9.17, 15) is 4.79 Å². The molecule has 1 atom stereocenters. The van der Waals surface area contributed by atoms with E-state index in [0.29, 0.717) is 12.5 Å². The van der Waals surface area contributed by atoms with Crippen molar-refractivity contribution in [3.8, 4) is 0 Å². The lowest BCUT2D eigenvalue weighted by Gasteiger charge is -2.08. The Morgan fingerprint density at radius 1 is 1.50 bits per heavy atom. The molecule has 1 aromatic heterocycles. The molecule has 0 aliphatic rings. The van der Waals surface area contributed by atoms with Crippen molar-refractivity contribution in [1.82, 2.24) is 15.3 Å². The highest BCUT2D eigenvalue weighted by atomic mass is 16.4. The SMILES string of the molecule is CCNc1ncc(CNC(C)C(=O)O)cn1. The zero-order valence-corrected chi connectivity index (χ0v) is 9.40. The van der Waals surface area contributed by atoms with E-state index >= 15 is 0 Å². The van der Waals surface area contributed by atoms with Crippen molar-refractivity contribution in [2.45, 2.75) is 26.4 Å². The third-order valence-electron chi connectivity index (χ3n) is 2.02. The minimum Gasteiger partial charge on any atom is -0.480 e. The summed E-state index contributed by atoms with van der Waals surface area (Å²) in [7, 11) is 0. The van der Waals surface area contributed by atoms with Crippen LogP contribution in [-0.2, 0) is 11.3 Å². The molecule has 3 N–H and O–H groups in total. The van der Waals surface area contributed by atoms with Crippen molar-refractivity contribution in [2.24, 2.45) is 0 Å². The molecule has 0 saturated carbocycles. The minimum absolute atomic E-state index is 0.444. The predicted octanol–water partition coefficient (Wildman–Crippen LogP) is 0.471. The Kier molecular flexibility index (Phi) is 4.65. The number of aliphatic carboxylic acids is 1. The molecule has 1 aromatic rings. The first kappa shape index (κ1) is 12.4. The van der Waals surface area contributed by atoms with Gasteiger partial charge in [-0.1, -0.05) is 0 Å². The van der Waals surface area contributed by atoms with Crippen molar-refractivity contribution in [1.29, 1.82) is 0 Å². The molecule has 0 aromatic carbocycles. The molecule has 16 heavy (non-hydrogen) atoms. The second kappa shape index (κ2) is 6.02. The Bertz CT molecular complexity index is 339. The number of carboxylic acid groups (broad SMARTS) is 1. The van der Waals surface area contributed by atoms with Crippen LogP contribution in [0.15, 0.2) is 12.4 Å². The molecule has 0 fully saturated rings. The van der Waals surface area contributed by atoms with Crippen LogP contribution in [0.1, 0.15) is 19.4 Å². The monoisotopic (exact) mass is 224 g/mol. The van der Waals surface area contributed by atoms with Gasteiger partial charge in [0, 0.05) is 31.0 Å². The zero-order valence-electron chi connectivity index (χ0n) is 9.40. The maximum Gasteiger partial charge on any atom is 0.320 e. The fourth-order valence-corrected chi connectivity index (χ4v) is 1.05. The van der Waals surface area contributed by atoms with E-state index in [1.165, 1.54) is 0 Å². The summed E-state index contributed by atoms with van der Waals surface area (Å²) in [6.45, 7) is 4.77. The summed E-state index contributed by atoms with van der Waals surface area (Å²) in [5.41, 5.74) is 0.856. The van der Waals surface area contributed by atoms with E-state index in [1.54, 1.807) is 19.3 Å². The van der Waals surface area contributed by atoms with Crippen molar-refractivity contribution >= 4 is 11.9 Å². The van der Waals surface area contributed by atoms with Crippen molar-refractivity contribution in [2.75, 3.05) is 11.9 Å². The number of carbonyl (C=O) groups is 1. The smallest absolute Gasteiger partial charge is 0.320 e. The van der Waals surface area contributed by atoms with Gasteiger partial charge in [0.25, 0.3) is 0 Å². The van der Waals surface area contributed by atoms with E-state index in [-0.39, 0.29) is 0 Å². The van der Waals surface area contributed by atoms with Gasteiger partial charge in [-0.15, -0.1) is 0 Å². The van der Waals surface area contributed by atoms with Crippen LogP contribution in [0.5, 0.6) is 0 Å². The highest BCUT2D eigenvalue weighted by molar-refractivity contribution is 5.72. The number of hydrogen-bond donors (Lipinski definition) is 3. The van der Waals surface area contributed by atoms with Gasteiger partial charge in [-0.05, 0) is 13.8 Å². The molecule has 0 aliphatic carbocycles. The molecular formula is C10H16N4O2. The first-order valence-corrected chi connectivity index (χ1v) is 5.14. The lowest BCUT2D eigenvalue weighted by Crippen LogP contribution is -2.33. The number of nitrogens with zero attached hydrogens (tertiary/aromatic N) is 2. The minimum atomic E-state index is -0.870. The topological polar surface area (TPSA) is 87.1 Å². The number of anilines is 1. The first-order valence-electron chi connectivity index (χ1n) is 5.14. The summed E-state index contributed by atoms with van der Waals surface area (Å²) in [5.74, 6) is -0.289. The second-order valence-corrected chi connectivity index (χ2v) is 3.39. The summed E-state index contributed by atoms with van der Waals surface area (Å²) in [6.07, 6.45) is 3.35. The molecule has 6 heteroatoms. The average molecular weight is 224 g/mol. The van der Waals surface area contributed by atoms with Crippen LogP contribution in [-0.4, -0.2) is 33.6 Å². The summed E-state index contributed by atoms with van der Waals surface area (Å²) >= 11 is 0. The van der Waals surface area contributed by atoms with Gasteiger partial charge in [0.1, 0.15) is 6.04 Å². The number of nitrogens with one attached hydrogen (secondary N) is 2. The van der Waals surface area contributed by atoms with E-state index in [2.05, 4.69) is 20.6 Å². The van der Waals surface area contributed by atoms with Gasteiger partial charge in [-0.3, -0.25) is 4.79 Å². The molecule has 0 radical (unpaired) electrons. The third-order valence-corrected chi connectivity index (χ3v) is 2.02. The highest BCUT2D eigenvalue weighted by Crippen LogP contribution is 2.00. The summed E-state index contributed by atoms with van der Waals surface area (Å²) in [6, 6.07) is -0.576. The molecule has 1 unspecified atom stereocenters. The van der Waals surface area contributed by atoms with E-state index < -0.39 is 12.0 Å². The lowest BCUT2D eigenvalue weighted by molar-refractivity contribution is -0.139. The van der Waals surface area contributed by atoms with Crippen LogP contribution in [0, 0.1) is 0 Å². The molecule has 88 valence electrons. The molecular weight excluding hydrogens is 208 g/mol. The molecule has 1 rings (SSSR count). The predicted molar refractivity (Wildman–Crippen MR) is 60.1 cm³/mol. The molecule has 0 aliphatic heterocycles. The maximum atomic E-state index is 10.6. The Morgan fingerprint density at radius 2 is 2.12 bits per heavy atom. The summed E-state index contributed by atoms with van der Waals surface area (Å²) in [5, 5.41) is 14.5. The van der Waals surface area contributed by atoms with E-state index in [4.69, 9.17) is 5.11 Å². The van der Waals surface area contributed by atoms with Crippen LogP contribution in [0.25, 0.3) is 0 Å². The first-order chi connectivity index (χ1) is 7.63. The lowest BCUT2D eigenvalue weighted by atomic mass is 10.3. The number of aromatic nitrogens is 2. The van der Waals surface area contributed by atoms with Gasteiger partial charge in [0.2, 0.25) is 5.95 Å². The molecule has 0 spiro atoms. The van der Waals surface area contributed by atoms with Crippen molar-refractivity contribution < 1.29 is 9.90 Å². The van der Waals surface area contributed by atoms with Crippen LogP contribution >= 0.6 is 0 Å². The molecule has 0 saturated heterocycles. The summed E-state index contributed by atoms with van der Waals surface area (Å²) < 4.78 is 0. The molecule has 1 heterocycles. The normalized spacial score (nSPS) is 12.1. The number of rotatable bonds is 6. The fraction of sp³-hybridized carbons (Fsp3) is 0.500. The van der Waals surface area contributed by atoms with Crippen LogP contribution in [0.4, 0.5) is 5.95 Å². The Morgan fingerprint density at radius 3 is 2.62 bits per heavy atom. The standard InChI is InChI=1S/C10H16N4O2/c1-3-11-10-13-5-8(6-14-10)4-12-7(2)9(15)16/h5-7,12H,3-4H2,1-2H3,(H,15,16)(H,11,13,14).